The van der Waals surface area contributed by atoms with Gasteiger partial charge in [0.1, 0.15) is 0 Å². The van der Waals surface area contributed by atoms with Gasteiger partial charge in [-0.1, -0.05) is 43.7 Å². The van der Waals surface area contributed by atoms with Crippen molar-refractivity contribution in [2.24, 2.45) is 5.92 Å². The van der Waals surface area contributed by atoms with Crippen LogP contribution in [0.3, 0.4) is 0 Å². The molecule has 1 aromatic rings. The molecule has 2 aliphatic rings. The molecule has 0 aliphatic carbocycles. The molecule has 5 nitrogen and oxygen atoms in total. The third-order valence-electron chi connectivity index (χ3n) is 5.87. The summed E-state index contributed by atoms with van der Waals surface area (Å²) in [7, 11) is 1.62. The number of likely N-dealkylation sites (tertiary alicyclic amines) is 1. The second-order valence-corrected chi connectivity index (χ2v) is 7.20. The lowest BCUT2D eigenvalue weighted by Gasteiger charge is -2.35. The van der Waals surface area contributed by atoms with Crippen LogP contribution in [0.2, 0.25) is 0 Å². The lowest BCUT2D eigenvalue weighted by molar-refractivity contribution is -0.153. The second kappa shape index (κ2) is 7.85. The average molecular weight is 346 g/mol. The van der Waals surface area contributed by atoms with E-state index in [1.807, 2.05) is 42.2 Å². The highest BCUT2D eigenvalue weighted by Gasteiger charge is 2.44. The number of carbonyl (C=O) groups is 1. The number of nitrogens with zero attached hydrogens (tertiary/aromatic N) is 2. The molecule has 25 heavy (non-hydrogen) atoms. The Bertz CT molecular complexity index is 574. The molecule has 0 bridgehead atoms. The van der Waals surface area contributed by atoms with Crippen LogP contribution in [0.1, 0.15) is 25.8 Å². The minimum atomic E-state index is -0.931. The Morgan fingerprint density at radius 2 is 1.92 bits per heavy atom. The largest absolute Gasteiger partial charge is 0.379 e. The summed E-state index contributed by atoms with van der Waals surface area (Å²) in [6, 6.07) is 10.2. The number of benzene rings is 1. The van der Waals surface area contributed by atoms with Crippen molar-refractivity contribution < 1.29 is 14.3 Å². The zero-order chi connectivity index (χ0) is 17.9. The van der Waals surface area contributed by atoms with Gasteiger partial charge in [0.2, 0.25) is 0 Å². The van der Waals surface area contributed by atoms with Gasteiger partial charge >= 0.3 is 0 Å². The van der Waals surface area contributed by atoms with E-state index in [9.17, 15) is 4.79 Å². The van der Waals surface area contributed by atoms with Gasteiger partial charge in [-0.2, -0.15) is 0 Å². The minimum absolute atomic E-state index is 0.0652. The van der Waals surface area contributed by atoms with Gasteiger partial charge in [-0.25, -0.2) is 0 Å². The molecule has 3 atom stereocenters. The fraction of sp³-hybridized carbons (Fsp3) is 0.650. The van der Waals surface area contributed by atoms with Crippen LogP contribution in [0.4, 0.5) is 0 Å². The zero-order valence-corrected chi connectivity index (χ0v) is 15.6. The van der Waals surface area contributed by atoms with E-state index in [0.29, 0.717) is 12.0 Å². The van der Waals surface area contributed by atoms with Gasteiger partial charge in [0.25, 0.3) is 5.91 Å². The fourth-order valence-electron chi connectivity index (χ4n) is 4.13. The van der Waals surface area contributed by atoms with Crippen molar-refractivity contribution in [3.05, 3.63) is 35.9 Å². The van der Waals surface area contributed by atoms with E-state index in [0.717, 1.165) is 51.4 Å². The van der Waals surface area contributed by atoms with Gasteiger partial charge in [0, 0.05) is 39.3 Å². The molecule has 5 heteroatoms. The van der Waals surface area contributed by atoms with Crippen molar-refractivity contribution in [3.63, 3.8) is 0 Å². The van der Waals surface area contributed by atoms with E-state index < -0.39 is 5.60 Å². The predicted octanol–water partition coefficient (Wildman–Crippen LogP) is 2.12. The van der Waals surface area contributed by atoms with E-state index >= 15 is 0 Å². The van der Waals surface area contributed by atoms with Crippen LogP contribution in [0.25, 0.3) is 0 Å². The van der Waals surface area contributed by atoms with Crippen molar-refractivity contribution in [1.82, 2.24) is 9.80 Å². The lowest BCUT2D eigenvalue weighted by atomic mass is 9.94. The average Bonchev–Trinajstić information content (AvgIpc) is 3.12. The summed E-state index contributed by atoms with van der Waals surface area (Å²) in [6.45, 7) is 9.20. The Morgan fingerprint density at radius 1 is 1.24 bits per heavy atom. The van der Waals surface area contributed by atoms with Gasteiger partial charge in [-0.15, -0.1) is 0 Å². The molecule has 0 saturated carbocycles. The minimum Gasteiger partial charge on any atom is -0.379 e. The predicted molar refractivity (Wildman–Crippen MR) is 97.3 cm³/mol. The summed E-state index contributed by atoms with van der Waals surface area (Å²) in [5.74, 6) is 0.578. The van der Waals surface area contributed by atoms with Crippen LogP contribution in [0, 0.1) is 5.92 Å². The first-order chi connectivity index (χ1) is 12.1. The quantitative estimate of drug-likeness (QED) is 0.819. The topological polar surface area (TPSA) is 42.0 Å². The Labute approximate surface area is 150 Å². The Morgan fingerprint density at radius 3 is 2.52 bits per heavy atom. The van der Waals surface area contributed by atoms with Gasteiger partial charge in [0.05, 0.1) is 13.2 Å². The van der Waals surface area contributed by atoms with E-state index in [2.05, 4.69) is 11.8 Å². The molecule has 3 rings (SSSR count). The Balaban J connectivity index is 1.77. The Hall–Kier alpha value is -1.43. The molecule has 1 amide bonds. The van der Waals surface area contributed by atoms with Crippen LogP contribution >= 0.6 is 0 Å². The summed E-state index contributed by atoms with van der Waals surface area (Å²) in [4.78, 5) is 17.8. The fourth-order valence-corrected chi connectivity index (χ4v) is 4.13. The standard InChI is InChI=1S/C20H30N2O3/c1-4-16-14-22(15-18(16)21-10-12-25-13-11-21)19(23)20(2,24-3)17-8-6-5-7-9-17/h5-9,16,18H,4,10-15H2,1-3H3/t16-,18+,20-/m1/s1. The van der Waals surface area contributed by atoms with Crippen LogP contribution in [-0.2, 0) is 19.9 Å². The third-order valence-corrected chi connectivity index (χ3v) is 5.87. The first-order valence-electron chi connectivity index (χ1n) is 9.32. The highest BCUT2D eigenvalue weighted by molar-refractivity contribution is 5.86. The van der Waals surface area contributed by atoms with Crippen LogP contribution in [0.15, 0.2) is 30.3 Å². The van der Waals surface area contributed by atoms with Crippen LogP contribution in [0.5, 0.6) is 0 Å². The number of morpholine rings is 1. The highest BCUT2D eigenvalue weighted by Crippen LogP contribution is 2.32. The van der Waals surface area contributed by atoms with Gasteiger partial charge in [-0.3, -0.25) is 9.69 Å². The summed E-state index contributed by atoms with van der Waals surface area (Å²) >= 11 is 0. The van der Waals surface area contributed by atoms with Crippen molar-refractivity contribution in [1.29, 1.82) is 0 Å². The maximum Gasteiger partial charge on any atom is 0.259 e. The molecule has 2 aliphatic heterocycles. The molecule has 0 N–H and O–H groups in total. The summed E-state index contributed by atoms with van der Waals surface area (Å²) in [5, 5.41) is 0. The van der Waals surface area contributed by atoms with Gasteiger partial charge < -0.3 is 14.4 Å². The number of rotatable bonds is 5. The smallest absolute Gasteiger partial charge is 0.259 e. The molecule has 1 aromatic carbocycles. The molecule has 0 unspecified atom stereocenters. The van der Waals surface area contributed by atoms with Crippen LogP contribution < -0.4 is 0 Å². The summed E-state index contributed by atoms with van der Waals surface area (Å²) in [6.07, 6.45) is 1.08. The number of hydrogen-bond acceptors (Lipinski definition) is 4. The SMILES string of the molecule is CC[C@@H]1CN(C(=O)[C@](C)(OC)c2ccccc2)C[C@@H]1N1CCOCC1. The number of carbonyl (C=O) groups excluding carboxylic acids is 1. The number of methoxy groups -OCH3 is 1. The molecule has 0 aromatic heterocycles. The summed E-state index contributed by atoms with van der Waals surface area (Å²) < 4.78 is 11.2. The molecule has 2 fully saturated rings. The van der Waals surface area contributed by atoms with E-state index in [4.69, 9.17) is 9.47 Å². The van der Waals surface area contributed by atoms with Crippen molar-refractivity contribution in [2.45, 2.75) is 31.9 Å². The van der Waals surface area contributed by atoms with Gasteiger partial charge in [0.15, 0.2) is 5.60 Å². The monoisotopic (exact) mass is 346 g/mol. The van der Waals surface area contributed by atoms with Crippen molar-refractivity contribution >= 4 is 5.91 Å². The normalized spacial score (nSPS) is 27.2. The molecule has 2 heterocycles. The number of ether oxygens (including phenoxy) is 2. The van der Waals surface area contributed by atoms with Crippen molar-refractivity contribution in [2.75, 3.05) is 46.5 Å². The first-order valence-corrected chi connectivity index (χ1v) is 9.32. The maximum absolute atomic E-state index is 13.3. The van der Waals surface area contributed by atoms with Crippen molar-refractivity contribution in [3.8, 4) is 0 Å². The molecule has 138 valence electrons. The molecule has 0 spiro atoms. The zero-order valence-electron chi connectivity index (χ0n) is 15.6. The lowest BCUT2D eigenvalue weighted by Crippen LogP contribution is -2.49. The van der Waals surface area contributed by atoms with E-state index in [1.54, 1.807) is 7.11 Å². The van der Waals surface area contributed by atoms with E-state index in [-0.39, 0.29) is 5.91 Å². The van der Waals surface area contributed by atoms with Crippen LogP contribution in [-0.4, -0.2) is 68.3 Å². The molecule has 0 radical (unpaired) electrons. The maximum atomic E-state index is 13.3. The molecular weight excluding hydrogens is 316 g/mol. The highest BCUT2D eigenvalue weighted by atomic mass is 16.5. The van der Waals surface area contributed by atoms with Gasteiger partial charge in [-0.05, 0) is 18.4 Å². The number of hydrogen-bond donors (Lipinski definition) is 0. The molecular formula is C20H30N2O3. The van der Waals surface area contributed by atoms with E-state index in [1.165, 1.54) is 0 Å². The third kappa shape index (κ3) is 3.59. The Kier molecular flexibility index (Phi) is 5.77. The second-order valence-electron chi connectivity index (χ2n) is 7.20. The molecule has 2 saturated heterocycles. The first kappa shape index (κ1) is 18.4. The summed E-state index contributed by atoms with van der Waals surface area (Å²) in [5.41, 5.74) is -0.0233. The number of amides is 1.